The fourth-order valence-electron chi connectivity index (χ4n) is 3.96. The Kier molecular flexibility index (Phi) is 8.90. The molecule has 0 aliphatic heterocycles. The Bertz CT molecular complexity index is 1050. The van der Waals surface area contributed by atoms with Gasteiger partial charge < -0.3 is 10.2 Å². The fourth-order valence-corrected chi connectivity index (χ4v) is 6.29. The van der Waals surface area contributed by atoms with Crippen molar-refractivity contribution in [3.8, 4) is 11.5 Å². The summed E-state index contributed by atoms with van der Waals surface area (Å²) in [4.78, 5) is 9.15. The van der Waals surface area contributed by atoms with Gasteiger partial charge in [-0.15, -0.1) is 0 Å². The number of hydrogen-bond acceptors (Lipinski definition) is 4. The van der Waals surface area contributed by atoms with E-state index in [-0.39, 0.29) is 10.8 Å². The van der Waals surface area contributed by atoms with Crippen molar-refractivity contribution < 1.29 is 10.2 Å². The molecule has 2 aromatic carbocycles. The maximum atomic E-state index is 10.9. The van der Waals surface area contributed by atoms with Crippen molar-refractivity contribution in [2.24, 2.45) is 9.98 Å². The van der Waals surface area contributed by atoms with Gasteiger partial charge in [-0.2, -0.15) is 0 Å². The van der Waals surface area contributed by atoms with Gasteiger partial charge in [0.15, 0.2) is 0 Å². The number of hydrogen-bond donors (Lipinski definition) is 2. The molecular formula is C30H48N2O2Si2. The first-order valence-electron chi connectivity index (χ1n) is 13.0. The molecule has 0 radical (unpaired) electrons. The molecule has 0 aliphatic carbocycles. The molecule has 0 unspecified atom stereocenters. The summed E-state index contributed by atoms with van der Waals surface area (Å²) in [5, 5.41) is 24.5. The molecular weight excluding hydrogens is 477 g/mol. The molecule has 0 amide bonds. The number of benzene rings is 2. The lowest BCUT2D eigenvalue weighted by molar-refractivity contribution is 0.445. The van der Waals surface area contributed by atoms with Gasteiger partial charge in [0.1, 0.15) is 11.5 Å². The summed E-state index contributed by atoms with van der Waals surface area (Å²) in [6.45, 7) is 27.7. The van der Waals surface area contributed by atoms with E-state index in [0.29, 0.717) is 24.6 Å². The molecule has 0 fully saturated rings. The van der Waals surface area contributed by atoms with E-state index in [2.05, 4.69) is 115 Å². The first-order valence-corrected chi connectivity index (χ1v) is 20.0. The van der Waals surface area contributed by atoms with Crippen molar-refractivity contribution in [2.75, 3.05) is 13.1 Å². The van der Waals surface area contributed by atoms with Crippen LogP contribution in [0.25, 0.3) is 0 Å². The third kappa shape index (κ3) is 7.66. The van der Waals surface area contributed by atoms with E-state index in [0.717, 1.165) is 22.3 Å². The van der Waals surface area contributed by atoms with Gasteiger partial charge in [0.2, 0.25) is 0 Å². The minimum absolute atomic E-state index is 0.148. The molecule has 0 saturated heterocycles. The first-order chi connectivity index (χ1) is 16.2. The highest BCUT2D eigenvalue weighted by Crippen LogP contribution is 2.33. The third-order valence-corrected chi connectivity index (χ3v) is 10.5. The highest BCUT2D eigenvalue weighted by molar-refractivity contribution is 6.89. The van der Waals surface area contributed by atoms with Crippen LogP contribution in [0.2, 0.25) is 39.3 Å². The summed E-state index contributed by atoms with van der Waals surface area (Å²) in [7, 11) is -3.11. The van der Waals surface area contributed by atoms with E-state index >= 15 is 0 Å². The Morgan fingerprint density at radius 2 is 0.917 bits per heavy atom. The van der Waals surface area contributed by atoms with Crippen LogP contribution in [-0.4, -0.2) is 51.9 Å². The molecule has 0 aromatic heterocycles. The van der Waals surface area contributed by atoms with Crippen LogP contribution in [0.1, 0.15) is 63.8 Å². The van der Waals surface area contributed by atoms with Gasteiger partial charge in [-0.1, -0.05) is 115 Å². The van der Waals surface area contributed by atoms with Gasteiger partial charge in [0.25, 0.3) is 0 Å². The summed E-state index contributed by atoms with van der Waals surface area (Å²) in [5.74, 6) is 0.638. The normalized spacial score (nSPS) is 13.8. The van der Waals surface area contributed by atoms with Crippen LogP contribution in [-0.2, 0) is 10.8 Å². The monoisotopic (exact) mass is 524 g/mol. The topological polar surface area (TPSA) is 65.2 Å². The van der Waals surface area contributed by atoms with E-state index in [1.807, 2.05) is 0 Å². The summed E-state index contributed by atoms with van der Waals surface area (Å²) >= 11 is 0. The molecule has 0 heterocycles. The Hall–Kier alpha value is -2.19. The minimum atomic E-state index is -1.55. The lowest BCUT2D eigenvalue weighted by Crippen LogP contribution is -2.38. The largest absolute Gasteiger partial charge is 0.507 e. The van der Waals surface area contributed by atoms with E-state index in [1.54, 1.807) is 12.4 Å². The lowest BCUT2D eigenvalue weighted by Gasteiger charge is -2.26. The van der Waals surface area contributed by atoms with Crippen molar-refractivity contribution in [3.05, 3.63) is 46.5 Å². The zero-order valence-electron chi connectivity index (χ0n) is 24.7. The lowest BCUT2D eigenvalue weighted by atomic mass is 9.85. The molecule has 2 aromatic rings. The highest BCUT2D eigenvalue weighted by Gasteiger charge is 2.26. The molecule has 2 rings (SSSR count). The number of nitrogens with zero attached hydrogens (tertiary/aromatic N) is 2. The Morgan fingerprint density at radius 3 is 1.17 bits per heavy atom. The maximum absolute atomic E-state index is 10.9. The number of rotatable bonds is 7. The smallest absolute Gasteiger partial charge is 0.128 e. The quantitative estimate of drug-likeness (QED) is 0.253. The first kappa shape index (κ1) is 30.0. The predicted octanol–water partition coefficient (Wildman–Crippen LogP) is 6.32. The van der Waals surface area contributed by atoms with E-state index in [1.165, 1.54) is 10.4 Å². The van der Waals surface area contributed by atoms with Crippen molar-refractivity contribution in [2.45, 2.75) is 91.7 Å². The van der Waals surface area contributed by atoms with Crippen LogP contribution in [0.4, 0.5) is 0 Å². The van der Waals surface area contributed by atoms with Crippen LogP contribution in [0.3, 0.4) is 0 Å². The number of phenols is 2. The Labute approximate surface area is 221 Å². The molecule has 0 saturated carbocycles. The van der Waals surface area contributed by atoms with E-state index in [9.17, 15) is 10.2 Å². The molecule has 0 bridgehead atoms. The summed E-state index contributed by atoms with van der Waals surface area (Å²) in [6, 6.07) is 8.54. The number of aromatic hydroxyl groups is 2. The number of aliphatic imine (C=N–C) groups is 2. The molecule has 0 atom stereocenters. The number of phenolic OH excluding ortho intramolecular Hbond substituents is 2. The molecule has 198 valence electrons. The van der Waals surface area contributed by atoms with Crippen molar-refractivity contribution >= 4 is 39.0 Å². The Balaban J connectivity index is 2.27. The minimum Gasteiger partial charge on any atom is -0.507 e. The molecule has 6 heteroatoms. The standard InChI is InChI=1S/C30H48N2O2Si2/c1-29(2,3)25-17-23(35(7,8)9)15-21(27(25)33)19-31-13-14-32-20-22-16-24(36(10,11)12)18-26(28(22)34)30(4,5)6/h15-20,33-34H,13-14H2,1-12H3. The van der Waals surface area contributed by atoms with E-state index in [4.69, 9.17) is 0 Å². The molecule has 0 aliphatic rings. The Morgan fingerprint density at radius 1 is 0.611 bits per heavy atom. The van der Waals surface area contributed by atoms with Crippen LogP contribution in [0, 0.1) is 0 Å². The van der Waals surface area contributed by atoms with Crippen LogP contribution >= 0.6 is 0 Å². The third-order valence-electron chi connectivity index (χ3n) is 6.45. The zero-order chi connectivity index (χ0) is 27.7. The van der Waals surface area contributed by atoms with Crippen LogP contribution < -0.4 is 10.4 Å². The zero-order valence-corrected chi connectivity index (χ0v) is 26.7. The fraction of sp³-hybridized carbons (Fsp3) is 0.533. The van der Waals surface area contributed by atoms with E-state index < -0.39 is 16.1 Å². The van der Waals surface area contributed by atoms with Gasteiger partial charge in [0, 0.05) is 23.6 Å². The van der Waals surface area contributed by atoms with Crippen LogP contribution in [0.15, 0.2) is 34.3 Å². The van der Waals surface area contributed by atoms with Crippen LogP contribution in [0.5, 0.6) is 11.5 Å². The summed E-state index contributed by atoms with van der Waals surface area (Å²) in [6.07, 6.45) is 3.56. The van der Waals surface area contributed by atoms with Gasteiger partial charge in [-0.25, -0.2) is 0 Å². The summed E-state index contributed by atoms with van der Waals surface area (Å²) < 4.78 is 0. The van der Waals surface area contributed by atoms with Crippen molar-refractivity contribution in [3.63, 3.8) is 0 Å². The highest BCUT2D eigenvalue weighted by atomic mass is 28.3. The second-order valence-corrected chi connectivity index (χ2v) is 24.1. The maximum Gasteiger partial charge on any atom is 0.128 e. The molecule has 2 N–H and O–H groups in total. The van der Waals surface area contributed by atoms with Crippen molar-refractivity contribution in [1.82, 2.24) is 0 Å². The average Bonchev–Trinajstić information content (AvgIpc) is 2.69. The molecule has 4 nitrogen and oxygen atoms in total. The second kappa shape index (κ2) is 10.7. The van der Waals surface area contributed by atoms with Gasteiger partial charge >= 0.3 is 0 Å². The summed E-state index contributed by atoms with van der Waals surface area (Å²) in [5.41, 5.74) is 3.19. The van der Waals surface area contributed by atoms with Crippen molar-refractivity contribution in [1.29, 1.82) is 0 Å². The predicted molar refractivity (Wildman–Crippen MR) is 164 cm³/mol. The van der Waals surface area contributed by atoms with Gasteiger partial charge in [-0.05, 0) is 22.0 Å². The second-order valence-electron chi connectivity index (χ2n) is 14.0. The molecule has 36 heavy (non-hydrogen) atoms. The SMILES string of the molecule is CC(C)(C)c1cc([Si](C)(C)C)cc(C=NCCN=Cc2cc([Si](C)(C)C)cc(C(C)(C)C)c2O)c1O. The average molecular weight is 525 g/mol. The van der Waals surface area contributed by atoms with Gasteiger partial charge in [-0.3, -0.25) is 9.98 Å². The molecule has 0 spiro atoms. The van der Waals surface area contributed by atoms with Gasteiger partial charge in [0.05, 0.1) is 29.2 Å².